The van der Waals surface area contributed by atoms with Crippen molar-refractivity contribution in [3.05, 3.63) is 85.5 Å². The molecule has 0 aliphatic carbocycles. The Kier molecular flexibility index (Phi) is 12.1. The number of aliphatic hydroxyl groups excluding tert-OH is 1. The van der Waals surface area contributed by atoms with Gasteiger partial charge in [-0.05, 0) is 69.4 Å². The predicted octanol–water partition coefficient (Wildman–Crippen LogP) is 4.18. The highest BCUT2D eigenvalue weighted by Gasteiger charge is 2.75. The van der Waals surface area contributed by atoms with Crippen molar-refractivity contribution >= 4 is 35.1 Å². The molecule has 268 valence electrons. The molecule has 0 unspecified atom stereocenters. The number of hydrogen-bond acceptors (Lipinski definition) is 8. The number of ether oxygens (including phenoxy) is 2. The fourth-order valence-corrected chi connectivity index (χ4v) is 7.86. The largest absolute Gasteiger partial charge is 0.455 e. The number of hydrogen-bond donors (Lipinski definition) is 2. The molecule has 11 nitrogen and oxygen atoms in total. The van der Waals surface area contributed by atoms with Crippen LogP contribution in [0.5, 0.6) is 0 Å². The quantitative estimate of drug-likeness (QED) is 0.177. The zero-order valence-corrected chi connectivity index (χ0v) is 29.2. The molecule has 3 aliphatic heterocycles. The third kappa shape index (κ3) is 7.20. The van der Waals surface area contributed by atoms with Crippen LogP contribution in [-0.4, -0.2) is 90.8 Å². The van der Waals surface area contributed by atoms with Gasteiger partial charge >= 0.3 is 5.97 Å². The lowest BCUT2D eigenvalue weighted by Gasteiger charge is -2.37. The number of anilines is 2. The first kappa shape index (κ1) is 36.8. The first-order valence-electron chi connectivity index (χ1n) is 17.7. The van der Waals surface area contributed by atoms with Gasteiger partial charge in [-0.1, -0.05) is 42.5 Å². The Morgan fingerprint density at radius 2 is 1.78 bits per heavy atom. The Hall–Kier alpha value is -4.48. The van der Waals surface area contributed by atoms with Gasteiger partial charge < -0.3 is 34.6 Å². The molecule has 50 heavy (non-hydrogen) atoms. The van der Waals surface area contributed by atoms with E-state index in [4.69, 9.17) is 9.47 Å². The fraction of sp³-hybridized carbons (Fsp3) is 0.487. The van der Waals surface area contributed by atoms with Crippen LogP contribution in [0.2, 0.25) is 0 Å². The number of benzene rings is 2. The Labute approximate surface area is 294 Å². The van der Waals surface area contributed by atoms with E-state index >= 15 is 0 Å². The summed E-state index contributed by atoms with van der Waals surface area (Å²) >= 11 is 0. The molecule has 5 rings (SSSR count). The van der Waals surface area contributed by atoms with Gasteiger partial charge in [0, 0.05) is 50.6 Å². The van der Waals surface area contributed by atoms with E-state index in [-0.39, 0.29) is 56.8 Å². The number of carbonyl (C=O) groups is 4. The predicted molar refractivity (Wildman–Crippen MR) is 191 cm³/mol. The molecule has 3 aliphatic rings. The minimum Gasteiger partial charge on any atom is -0.455 e. The van der Waals surface area contributed by atoms with Crippen molar-refractivity contribution in [2.45, 2.75) is 69.8 Å². The van der Waals surface area contributed by atoms with Crippen molar-refractivity contribution in [3.63, 3.8) is 0 Å². The molecule has 6 atom stereocenters. The topological polar surface area (TPSA) is 129 Å². The molecule has 3 heterocycles. The molecule has 0 saturated carbocycles. The van der Waals surface area contributed by atoms with E-state index in [0.717, 1.165) is 18.8 Å². The van der Waals surface area contributed by atoms with E-state index in [1.54, 1.807) is 17.1 Å². The zero-order chi connectivity index (χ0) is 35.8. The van der Waals surface area contributed by atoms with Crippen molar-refractivity contribution < 1.29 is 33.8 Å². The molecule has 3 fully saturated rings. The van der Waals surface area contributed by atoms with Crippen LogP contribution in [0.1, 0.15) is 57.6 Å². The van der Waals surface area contributed by atoms with Crippen LogP contribution in [0.15, 0.2) is 79.9 Å². The average molecular weight is 687 g/mol. The SMILES string of the molecule is C=CCCC(=O)NC[C@H](OC(=O)[C@@H]1[C@H]2C(=O)N(CCCO)[C@H](C(=O)N(CC=C)c3ccc(N(CC)CC)cc3)[C@]23CC[C@H]1O3)c1ccccc1. The van der Waals surface area contributed by atoms with Crippen LogP contribution in [-0.2, 0) is 28.7 Å². The highest BCUT2D eigenvalue weighted by molar-refractivity contribution is 6.04. The summed E-state index contributed by atoms with van der Waals surface area (Å²) < 4.78 is 12.7. The second-order valence-corrected chi connectivity index (χ2v) is 13.1. The van der Waals surface area contributed by atoms with Gasteiger partial charge in [0.05, 0.1) is 24.5 Å². The van der Waals surface area contributed by atoms with E-state index in [0.29, 0.717) is 30.5 Å². The molecule has 3 saturated heterocycles. The maximum atomic E-state index is 14.7. The molecule has 2 bridgehead atoms. The third-order valence-electron chi connectivity index (χ3n) is 10.2. The summed E-state index contributed by atoms with van der Waals surface area (Å²) in [7, 11) is 0. The molecule has 2 aromatic carbocycles. The smallest absolute Gasteiger partial charge is 0.313 e. The molecule has 3 amide bonds. The van der Waals surface area contributed by atoms with E-state index < -0.39 is 41.7 Å². The Balaban J connectivity index is 1.44. The summed E-state index contributed by atoms with van der Waals surface area (Å²) in [4.78, 5) is 61.0. The number of allylic oxidation sites excluding steroid dienone is 1. The van der Waals surface area contributed by atoms with Gasteiger partial charge in [-0.3, -0.25) is 19.2 Å². The lowest BCUT2D eigenvalue weighted by molar-refractivity contribution is -0.160. The highest BCUT2D eigenvalue weighted by Crippen LogP contribution is 2.59. The molecule has 2 N–H and O–H groups in total. The van der Waals surface area contributed by atoms with Gasteiger partial charge in [0.1, 0.15) is 17.7 Å². The van der Waals surface area contributed by atoms with Crippen molar-refractivity contribution in [3.8, 4) is 0 Å². The van der Waals surface area contributed by atoms with Crippen molar-refractivity contribution in [1.29, 1.82) is 0 Å². The van der Waals surface area contributed by atoms with E-state index in [1.807, 2.05) is 54.6 Å². The molecule has 1 spiro atoms. The number of rotatable bonds is 18. The normalized spacial score (nSPS) is 24.0. The number of nitrogens with zero attached hydrogens (tertiary/aromatic N) is 3. The van der Waals surface area contributed by atoms with E-state index in [2.05, 4.69) is 37.2 Å². The lowest BCUT2D eigenvalue weighted by Crippen LogP contribution is -2.56. The van der Waals surface area contributed by atoms with Gasteiger partial charge in [0.15, 0.2) is 0 Å². The molecule has 0 aromatic heterocycles. The molecular formula is C39H50N4O7. The van der Waals surface area contributed by atoms with E-state index in [1.165, 1.54) is 4.90 Å². The Morgan fingerprint density at radius 1 is 1.08 bits per heavy atom. The summed E-state index contributed by atoms with van der Waals surface area (Å²) in [5.74, 6) is -3.35. The van der Waals surface area contributed by atoms with Crippen molar-refractivity contribution in [1.82, 2.24) is 10.2 Å². The summed E-state index contributed by atoms with van der Waals surface area (Å²) in [6.07, 6.45) is 3.86. The number of fused-ring (bicyclic) bond motifs is 1. The standard InChI is InChI=1S/C39H50N4O7/c1-5-9-16-32(45)40-26-31(27-14-11-10-12-15-27)49-38(48)33-30-21-22-39(50-30)34(33)36(46)43(24-13-25-44)35(39)37(47)42(23-6-2)29-19-17-28(18-20-29)41(7-3)8-4/h5-6,10-12,14-15,17-20,30-31,33-35,44H,1-2,7-9,13,16,21-26H2,3-4H3,(H,40,45)/t30-,31+,33+,34+,35-,39+/m1/s1. The number of amides is 3. The van der Waals surface area contributed by atoms with Crippen LogP contribution in [0.4, 0.5) is 11.4 Å². The number of nitrogens with one attached hydrogen (secondary N) is 1. The first-order valence-corrected chi connectivity index (χ1v) is 17.7. The van der Waals surface area contributed by atoms with Crippen LogP contribution >= 0.6 is 0 Å². The summed E-state index contributed by atoms with van der Waals surface area (Å²) in [5.41, 5.74) is 1.16. The maximum absolute atomic E-state index is 14.7. The monoisotopic (exact) mass is 686 g/mol. The van der Waals surface area contributed by atoms with Crippen LogP contribution in [0.3, 0.4) is 0 Å². The van der Waals surface area contributed by atoms with Crippen LogP contribution in [0, 0.1) is 11.8 Å². The molecule has 2 aromatic rings. The second-order valence-electron chi connectivity index (χ2n) is 13.1. The summed E-state index contributed by atoms with van der Waals surface area (Å²) in [6, 6.07) is 15.9. The summed E-state index contributed by atoms with van der Waals surface area (Å²) in [6.45, 7) is 13.6. The first-order chi connectivity index (χ1) is 24.2. The maximum Gasteiger partial charge on any atom is 0.313 e. The summed E-state index contributed by atoms with van der Waals surface area (Å²) in [5, 5.41) is 12.6. The highest BCUT2D eigenvalue weighted by atomic mass is 16.6. The molecule has 11 heteroatoms. The number of esters is 1. The average Bonchev–Trinajstić information content (AvgIpc) is 3.78. The van der Waals surface area contributed by atoms with Crippen molar-refractivity contribution in [2.24, 2.45) is 11.8 Å². The van der Waals surface area contributed by atoms with Crippen molar-refractivity contribution in [2.75, 3.05) is 49.1 Å². The number of carbonyl (C=O) groups excluding carboxylic acids is 4. The fourth-order valence-electron chi connectivity index (χ4n) is 7.86. The van der Waals surface area contributed by atoms with Crippen LogP contribution < -0.4 is 15.1 Å². The van der Waals surface area contributed by atoms with E-state index in [9.17, 15) is 24.3 Å². The molecule has 0 radical (unpaired) electrons. The molecular weight excluding hydrogens is 636 g/mol. The lowest BCUT2D eigenvalue weighted by atomic mass is 9.70. The van der Waals surface area contributed by atoms with Gasteiger partial charge in [-0.2, -0.15) is 0 Å². The minimum atomic E-state index is -1.24. The minimum absolute atomic E-state index is 0.0566. The van der Waals surface area contributed by atoms with Crippen LogP contribution in [0.25, 0.3) is 0 Å². The number of likely N-dealkylation sites (tertiary alicyclic amines) is 1. The van der Waals surface area contributed by atoms with Gasteiger partial charge in [0.25, 0.3) is 5.91 Å². The second kappa shape index (κ2) is 16.5. The third-order valence-corrected chi connectivity index (χ3v) is 10.2. The van der Waals surface area contributed by atoms with Gasteiger partial charge in [-0.25, -0.2) is 0 Å². The zero-order valence-electron chi connectivity index (χ0n) is 29.2. The Bertz CT molecular complexity index is 1530. The Morgan fingerprint density at radius 3 is 2.42 bits per heavy atom. The number of aliphatic hydroxyl groups is 1. The van der Waals surface area contributed by atoms with Gasteiger partial charge in [-0.15, -0.1) is 13.2 Å². The van der Waals surface area contributed by atoms with Gasteiger partial charge in [0.2, 0.25) is 11.8 Å².